The van der Waals surface area contributed by atoms with Gasteiger partial charge in [0.25, 0.3) is 0 Å². The van der Waals surface area contributed by atoms with Gasteiger partial charge in [0.2, 0.25) is 0 Å². The normalized spacial score (nSPS) is 17.9. The third-order valence-corrected chi connectivity index (χ3v) is 8.08. The molecule has 176 valence electrons. The van der Waals surface area contributed by atoms with Crippen molar-refractivity contribution >= 4 is 15.8 Å². The molecule has 1 heterocycles. The van der Waals surface area contributed by atoms with Gasteiger partial charge in [-0.3, -0.25) is 4.79 Å². The van der Waals surface area contributed by atoms with E-state index in [0.29, 0.717) is 24.6 Å². The van der Waals surface area contributed by atoms with E-state index in [-0.39, 0.29) is 12.2 Å². The second kappa shape index (κ2) is 13.7. The van der Waals surface area contributed by atoms with E-state index in [1.54, 1.807) is 24.3 Å². The largest absolute Gasteiger partial charge is 0.494 e. The van der Waals surface area contributed by atoms with Crippen LogP contribution < -0.4 is 10.1 Å². The lowest BCUT2D eigenvalue weighted by atomic mass is 10.0. The van der Waals surface area contributed by atoms with E-state index in [1.807, 2.05) is 0 Å². The molecule has 2 rings (SSSR count). The Hall–Kier alpha value is -1.60. The SMILES string of the molecule is CCCCCCCCS(=O)(=O)C(Cc1ccc(OCCC2CCCCN2)cc1)C(=O)O. The van der Waals surface area contributed by atoms with E-state index < -0.39 is 21.1 Å². The summed E-state index contributed by atoms with van der Waals surface area (Å²) in [4.78, 5) is 11.7. The Bertz CT molecular complexity index is 742. The maximum atomic E-state index is 12.6. The number of unbranched alkanes of at least 4 members (excludes halogenated alkanes) is 5. The minimum absolute atomic E-state index is 0.0141. The minimum Gasteiger partial charge on any atom is -0.494 e. The lowest BCUT2D eigenvalue weighted by Gasteiger charge is -2.23. The number of hydrogen-bond acceptors (Lipinski definition) is 5. The number of nitrogens with one attached hydrogen (secondary N) is 1. The molecule has 1 aliphatic rings. The van der Waals surface area contributed by atoms with Gasteiger partial charge in [-0.25, -0.2) is 8.42 Å². The van der Waals surface area contributed by atoms with E-state index in [0.717, 1.165) is 50.8 Å². The molecule has 2 N–H and O–H groups in total. The van der Waals surface area contributed by atoms with Crippen LogP contribution in [-0.2, 0) is 21.1 Å². The summed E-state index contributed by atoms with van der Waals surface area (Å²) < 4.78 is 31.0. The van der Waals surface area contributed by atoms with Crippen molar-refractivity contribution in [3.05, 3.63) is 29.8 Å². The molecule has 1 fully saturated rings. The van der Waals surface area contributed by atoms with Crippen molar-refractivity contribution in [3.63, 3.8) is 0 Å². The van der Waals surface area contributed by atoms with Crippen molar-refractivity contribution in [3.8, 4) is 5.75 Å². The Balaban J connectivity index is 1.81. The van der Waals surface area contributed by atoms with E-state index in [9.17, 15) is 18.3 Å². The molecule has 0 amide bonds. The number of hydrogen-bond donors (Lipinski definition) is 2. The van der Waals surface area contributed by atoms with Crippen LogP contribution in [0.15, 0.2) is 24.3 Å². The molecular weight excluding hydrogens is 414 g/mol. The van der Waals surface area contributed by atoms with Crippen molar-refractivity contribution in [1.82, 2.24) is 5.32 Å². The Labute approximate surface area is 187 Å². The highest BCUT2D eigenvalue weighted by atomic mass is 32.2. The Morgan fingerprint density at radius 1 is 1.13 bits per heavy atom. The van der Waals surface area contributed by atoms with Gasteiger partial charge in [-0.1, -0.05) is 57.6 Å². The molecule has 1 aromatic carbocycles. The molecule has 0 radical (unpaired) electrons. The zero-order valence-corrected chi connectivity index (χ0v) is 19.7. The highest BCUT2D eigenvalue weighted by Gasteiger charge is 2.32. The molecule has 0 saturated carbocycles. The van der Waals surface area contributed by atoms with Gasteiger partial charge < -0.3 is 15.2 Å². The average molecular weight is 454 g/mol. The van der Waals surface area contributed by atoms with Crippen LogP contribution in [0.25, 0.3) is 0 Å². The smallest absolute Gasteiger partial charge is 0.322 e. The molecule has 1 aliphatic heterocycles. The summed E-state index contributed by atoms with van der Waals surface area (Å²) in [5.41, 5.74) is 0.695. The van der Waals surface area contributed by atoms with Gasteiger partial charge in [0.05, 0.1) is 12.4 Å². The van der Waals surface area contributed by atoms with Gasteiger partial charge in [-0.2, -0.15) is 0 Å². The predicted molar refractivity (Wildman–Crippen MR) is 124 cm³/mol. The highest BCUT2D eigenvalue weighted by Crippen LogP contribution is 2.19. The molecule has 31 heavy (non-hydrogen) atoms. The number of ether oxygens (including phenoxy) is 1. The molecule has 0 aromatic heterocycles. The second-order valence-electron chi connectivity index (χ2n) is 8.59. The fourth-order valence-electron chi connectivity index (χ4n) is 4.02. The lowest BCUT2D eigenvalue weighted by Crippen LogP contribution is -2.35. The Morgan fingerprint density at radius 2 is 1.84 bits per heavy atom. The van der Waals surface area contributed by atoms with Crippen LogP contribution >= 0.6 is 0 Å². The first-order chi connectivity index (χ1) is 14.9. The number of carboxylic acids is 1. The monoisotopic (exact) mass is 453 g/mol. The summed E-state index contributed by atoms with van der Waals surface area (Å²) in [6.45, 7) is 3.84. The molecule has 1 saturated heterocycles. The lowest BCUT2D eigenvalue weighted by molar-refractivity contribution is -0.136. The summed E-state index contributed by atoms with van der Waals surface area (Å²) in [6, 6.07) is 7.64. The number of carboxylic acid groups (broad SMARTS) is 1. The van der Waals surface area contributed by atoms with Crippen LogP contribution in [0.1, 0.15) is 76.7 Å². The van der Waals surface area contributed by atoms with E-state index in [1.165, 1.54) is 19.3 Å². The van der Waals surface area contributed by atoms with Crippen LogP contribution in [-0.4, -0.2) is 49.7 Å². The minimum atomic E-state index is -3.69. The molecule has 2 unspecified atom stereocenters. The Kier molecular flexibility index (Phi) is 11.4. The van der Waals surface area contributed by atoms with Crippen molar-refractivity contribution < 1.29 is 23.1 Å². The standard InChI is InChI=1S/C24H39NO5S/c1-2-3-4-5-6-9-18-31(28,29)23(24(26)27)19-20-11-13-22(14-12-20)30-17-15-21-10-7-8-16-25-21/h11-14,21,23,25H,2-10,15-19H2,1H3,(H,26,27). The maximum Gasteiger partial charge on any atom is 0.322 e. The number of aliphatic carboxylic acids is 1. The fourth-order valence-corrected chi connectivity index (χ4v) is 5.66. The summed E-state index contributed by atoms with van der Waals surface area (Å²) >= 11 is 0. The van der Waals surface area contributed by atoms with Gasteiger partial charge in [0, 0.05) is 6.04 Å². The van der Waals surface area contributed by atoms with Crippen molar-refractivity contribution in [1.29, 1.82) is 0 Å². The maximum absolute atomic E-state index is 12.6. The van der Waals surface area contributed by atoms with Gasteiger partial charge in [0.1, 0.15) is 5.75 Å². The molecule has 0 bridgehead atoms. The number of benzene rings is 1. The van der Waals surface area contributed by atoms with Crippen LogP contribution in [0.4, 0.5) is 0 Å². The summed E-state index contributed by atoms with van der Waals surface area (Å²) in [6.07, 6.45) is 10.4. The zero-order valence-electron chi connectivity index (χ0n) is 18.9. The summed E-state index contributed by atoms with van der Waals surface area (Å²) in [7, 11) is -3.69. The fraction of sp³-hybridized carbons (Fsp3) is 0.708. The third kappa shape index (κ3) is 9.60. The molecule has 0 aliphatic carbocycles. The number of sulfone groups is 1. The molecule has 2 atom stereocenters. The van der Waals surface area contributed by atoms with E-state index in [2.05, 4.69) is 12.2 Å². The predicted octanol–water partition coefficient (Wildman–Crippen LogP) is 4.37. The van der Waals surface area contributed by atoms with Gasteiger partial charge >= 0.3 is 5.97 Å². The molecule has 6 nitrogen and oxygen atoms in total. The van der Waals surface area contributed by atoms with E-state index in [4.69, 9.17) is 4.74 Å². The zero-order chi connectivity index (χ0) is 22.5. The summed E-state index contributed by atoms with van der Waals surface area (Å²) in [5.74, 6) is -0.611. The van der Waals surface area contributed by atoms with Crippen LogP contribution in [0.2, 0.25) is 0 Å². The molecule has 0 spiro atoms. The number of carbonyl (C=O) groups is 1. The molecule has 1 aromatic rings. The van der Waals surface area contributed by atoms with E-state index >= 15 is 0 Å². The average Bonchev–Trinajstić information content (AvgIpc) is 2.76. The van der Waals surface area contributed by atoms with Crippen molar-refractivity contribution in [2.24, 2.45) is 0 Å². The quantitative estimate of drug-likeness (QED) is 0.383. The topological polar surface area (TPSA) is 92.7 Å². The Morgan fingerprint density at radius 3 is 2.48 bits per heavy atom. The first-order valence-corrected chi connectivity index (χ1v) is 13.5. The summed E-state index contributed by atoms with van der Waals surface area (Å²) in [5, 5.41) is 11.6. The van der Waals surface area contributed by atoms with Crippen LogP contribution in [0, 0.1) is 0 Å². The van der Waals surface area contributed by atoms with Gasteiger partial charge in [-0.15, -0.1) is 0 Å². The van der Waals surface area contributed by atoms with Crippen molar-refractivity contribution in [2.75, 3.05) is 18.9 Å². The molecule has 7 heteroatoms. The van der Waals surface area contributed by atoms with Gasteiger partial charge in [0.15, 0.2) is 15.1 Å². The van der Waals surface area contributed by atoms with Gasteiger partial charge in [-0.05, 0) is 56.3 Å². The van der Waals surface area contributed by atoms with Crippen LogP contribution in [0.3, 0.4) is 0 Å². The number of rotatable bonds is 15. The number of piperidine rings is 1. The van der Waals surface area contributed by atoms with Crippen molar-refractivity contribution in [2.45, 2.75) is 88.8 Å². The molecular formula is C24H39NO5S. The second-order valence-corrected chi connectivity index (χ2v) is 10.9. The third-order valence-electron chi connectivity index (χ3n) is 5.98. The first-order valence-electron chi connectivity index (χ1n) is 11.8. The first kappa shape index (κ1) is 25.7. The highest BCUT2D eigenvalue weighted by molar-refractivity contribution is 7.92. The van der Waals surface area contributed by atoms with Crippen LogP contribution in [0.5, 0.6) is 5.75 Å².